The van der Waals surface area contributed by atoms with E-state index in [1.165, 1.54) is 28.5 Å². The molecule has 1 fully saturated rings. The summed E-state index contributed by atoms with van der Waals surface area (Å²) in [5.41, 5.74) is 5.47. The smallest absolute Gasteiger partial charge is 0.246 e. The molecule has 0 aromatic carbocycles. The van der Waals surface area contributed by atoms with Crippen LogP contribution in [0.15, 0.2) is 21.8 Å². The fourth-order valence-electron chi connectivity index (χ4n) is 2.91. The molecule has 1 saturated heterocycles. The molecule has 2 aromatic heterocycles. The Morgan fingerprint density at radius 3 is 2.85 bits per heavy atom. The summed E-state index contributed by atoms with van der Waals surface area (Å²) in [5, 5.41) is 7.75. The molecule has 1 amide bonds. The van der Waals surface area contributed by atoms with Crippen LogP contribution in [0.2, 0.25) is 0 Å². The third-order valence-corrected chi connectivity index (χ3v) is 6.08. The number of methoxy groups -OCH3 is 1. The van der Waals surface area contributed by atoms with Gasteiger partial charge in [-0.3, -0.25) is 9.48 Å². The summed E-state index contributed by atoms with van der Waals surface area (Å²) in [7, 11) is -2.32. The molecular formula is C14H20N6O5S. The number of carbonyl (C=O) groups excluding carboxylic acids is 1. The molecule has 3 heterocycles. The Bertz CT molecular complexity index is 891. The summed E-state index contributed by atoms with van der Waals surface area (Å²) in [6, 6.07) is 0. The molecule has 2 atom stereocenters. The van der Waals surface area contributed by atoms with Crippen LogP contribution in [0.25, 0.3) is 0 Å². The van der Waals surface area contributed by atoms with Crippen LogP contribution in [-0.4, -0.2) is 58.8 Å². The normalized spacial score (nSPS) is 21.3. The number of hydrogen-bond donors (Lipinski definition) is 1. The molecule has 26 heavy (non-hydrogen) atoms. The van der Waals surface area contributed by atoms with Crippen molar-refractivity contribution in [2.45, 2.75) is 30.9 Å². The molecule has 0 spiro atoms. The Kier molecular flexibility index (Phi) is 5.07. The van der Waals surface area contributed by atoms with Gasteiger partial charge in [0.2, 0.25) is 21.8 Å². The predicted octanol–water partition coefficient (Wildman–Crippen LogP) is -0.678. The number of aromatic nitrogens is 4. The van der Waals surface area contributed by atoms with Crippen molar-refractivity contribution in [1.82, 2.24) is 24.2 Å². The molecule has 11 nitrogen and oxygen atoms in total. The van der Waals surface area contributed by atoms with Gasteiger partial charge in [0.25, 0.3) is 0 Å². The fraction of sp³-hybridized carbons (Fsp3) is 0.571. The van der Waals surface area contributed by atoms with Gasteiger partial charge in [-0.1, -0.05) is 5.16 Å². The Hall–Kier alpha value is -2.31. The quantitative estimate of drug-likeness (QED) is 0.660. The number of nitrogens with zero attached hydrogens (tertiary/aromatic N) is 5. The monoisotopic (exact) mass is 384 g/mol. The average Bonchev–Trinajstić information content (AvgIpc) is 3.33. The molecule has 3 rings (SSSR count). The maximum atomic E-state index is 12.9. The minimum Gasteiger partial charge on any atom is -0.377 e. The van der Waals surface area contributed by atoms with Gasteiger partial charge in [0.1, 0.15) is 11.5 Å². The zero-order valence-corrected chi connectivity index (χ0v) is 15.2. The zero-order valence-electron chi connectivity index (χ0n) is 14.4. The lowest BCUT2D eigenvalue weighted by molar-refractivity contribution is -0.121. The third kappa shape index (κ3) is 3.34. The Morgan fingerprint density at radius 1 is 1.46 bits per heavy atom. The minimum absolute atomic E-state index is 0.0157. The number of rotatable bonds is 7. The van der Waals surface area contributed by atoms with Crippen LogP contribution in [0.3, 0.4) is 0 Å². The largest absolute Gasteiger partial charge is 0.377 e. The second-order valence-corrected chi connectivity index (χ2v) is 7.89. The van der Waals surface area contributed by atoms with Crippen LogP contribution in [0, 0.1) is 5.92 Å². The first-order chi connectivity index (χ1) is 12.4. The first kappa shape index (κ1) is 18.5. The third-order valence-electron chi connectivity index (χ3n) is 4.30. The highest BCUT2D eigenvalue weighted by molar-refractivity contribution is 7.89. The van der Waals surface area contributed by atoms with Crippen molar-refractivity contribution in [3.8, 4) is 0 Å². The van der Waals surface area contributed by atoms with E-state index in [0.29, 0.717) is 12.4 Å². The second kappa shape index (κ2) is 7.13. The number of hydrogen-bond acceptors (Lipinski definition) is 8. The van der Waals surface area contributed by atoms with E-state index >= 15 is 0 Å². The maximum absolute atomic E-state index is 12.9. The van der Waals surface area contributed by atoms with E-state index in [0.717, 1.165) is 0 Å². The standard InChI is InChI=1S/C14H20N6O5S/c1-3-19-5-9(4-16-19)26(22,23)20-6-10(13(15)21)11(7-20)14-17-12(8-24-2)18-25-14/h4-5,10-11H,3,6-8H2,1-2H3,(H2,15,21)/t10-,11-/m1/s1. The Morgan fingerprint density at radius 2 is 2.23 bits per heavy atom. The predicted molar refractivity (Wildman–Crippen MR) is 87.1 cm³/mol. The summed E-state index contributed by atoms with van der Waals surface area (Å²) >= 11 is 0. The number of amides is 1. The highest BCUT2D eigenvalue weighted by Gasteiger charge is 2.45. The second-order valence-electron chi connectivity index (χ2n) is 5.95. The SMILES string of the molecule is CCn1cc(S(=O)(=O)N2C[C@@H](C(N)=O)[C@H](c3nc(COC)no3)C2)cn1. The number of ether oxygens (including phenoxy) is 1. The molecule has 0 radical (unpaired) electrons. The Labute approximate surface area is 150 Å². The number of carbonyl (C=O) groups is 1. The summed E-state index contributed by atoms with van der Waals surface area (Å²) in [6.07, 6.45) is 2.74. The van der Waals surface area contributed by atoms with Gasteiger partial charge >= 0.3 is 0 Å². The molecule has 12 heteroatoms. The van der Waals surface area contributed by atoms with Gasteiger partial charge in [0.05, 0.1) is 18.0 Å². The van der Waals surface area contributed by atoms with Gasteiger partial charge in [-0.15, -0.1) is 0 Å². The van der Waals surface area contributed by atoms with Crippen LogP contribution >= 0.6 is 0 Å². The summed E-state index contributed by atoms with van der Waals surface area (Å²) in [4.78, 5) is 16.1. The topological polar surface area (TPSA) is 146 Å². The molecule has 0 aliphatic carbocycles. The van der Waals surface area contributed by atoms with Crippen LogP contribution < -0.4 is 5.73 Å². The van der Waals surface area contributed by atoms with Crippen molar-refractivity contribution in [3.63, 3.8) is 0 Å². The fourth-order valence-corrected chi connectivity index (χ4v) is 4.36. The van der Waals surface area contributed by atoms with Crippen molar-refractivity contribution in [2.75, 3.05) is 20.2 Å². The minimum atomic E-state index is -3.81. The van der Waals surface area contributed by atoms with E-state index in [1.54, 1.807) is 0 Å². The van der Waals surface area contributed by atoms with E-state index in [4.69, 9.17) is 15.0 Å². The van der Waals surface area contributed by atoms with E-state index in [1.807, 2.05) is 6.92 Å². The van der Waals surface area contributed by atoms with Gasteiger partial charge in [0, 0.05) is 32.9 Å². The molecule has 2 N–H and O–H groups in total. The number of aryl methyl sites for hydroxylation is 1. The molecule has 1 aliphatic heterocycles. The first-order valence-corrected chi connectivity index (χ1v) is 9.44. The number of primary amides is 1. The molecule has 2 aromatic rings. The van der Waals surface area contributed by atoms with Crippen molar-refractivity contribution in [2.24, 2.45) is 11.7 Å². The number of nitrogens with two attached hydrogens (primary N) is 1. The number of sulfonamides is 1. The highest BCUT2D eigenvalue weighted by Crippen LogP contribution is 2.34. The van der Waals surface area contributed by atoms with Crippen LogP contribution in [0.5, 0.6) is 0 Å². The Balaban J connectivity index is 1.87. The first-order valence-electron chi connectivity index (χ1n) is 8.00. The van der Waals surface area contributed by atoms with Crippen LogP contribution in [0.1, 0.15) is 24.6 Å². The van der Waals surface area contributed by atoms with E-state index in [9.17, 15) is 13.2 Å². The van der Waals surface area contributed by atoms with Crippen LogP contribution in [0.4, 0.5) is 0 Å². The van der Waals surface area contributed by atoms with Crippen molar-refractivity contribution >= 4 is 15.9 Å². The van der Waals surface area contributed by atoms with Gasteiger partial charge in [0.15, 0.2) is 5.82 Å². The average molecular weight is 384 g/mol. The highest BCUT2D eigenvalue weighted by atomic mass is 32.2. The van der Waals surface area contributed by atoms with Crippen molar-refractivity contribution < 1.29 is 22.5 Å². The van der Waals surface area contributed by atoms with Crippen LogP contribution in [-0.2, 0) is 32.7 Å². The molecule has 142 valence electrons. The molecular weight excluding hydrogens is 364 g/mol. The molecule has 0 saturated carbocycles. The van der Waals surface area contributed by atoms with E-state index in [2.05, 4.69) is 15.2 Å². The van der Waals surface area contributed by atoms with Gasteiger partial charge in [-0.05, 0) is 6.92 Å². The lowest BCUT2D eigenvalue weighted by atomic mass is 9.95. The van der Waals surface area contributed by atoms with Gasteiger partial charge in [-0.2, -0.15) is 14.4 Å². The summed E-state index contributed by atoms with van der Waals surface area (Å²) in [5.74, 6) is -1.51. The van der Waals surface area contributed by atoms with Crippen molar-refractivity contribution in [1.29, 1.82) is 0 Å². The molecule has 0 bridgehead atoms. The molecule has 0 unspecified atom stereocenters. The van der Waals surface area contributed by atoms with E-state index in [-0.39, 0.29) is 30.5 Å². The lowest BCUT2D eigenvalue weighted by Crippen LogP contribution is -2.32. The van der Waals surface area contributed by atoms with E-state index < -0.39 is 27.8 Å². The maximum Gasteiger partial charge on any atom is 0.246 e. The summed E-state index contributed by atoms with van der Waals surface area (Å²) in [6.45, 7) is 2.51. The summed E-state index contributed by atoms with van der Waals surface area (Å²) < 4.78 is 38.5. The van der Waals surface area contributed by atoms with Gasteiger partial charge in [-0.25, -0.2) is 8.42 Å². The lowest BCUT2D eigenvalue weighted by Gasteiger charge is -2.14. The zero-order chi connectivity index (χ0) is 18.9. The van der Waals surface area contributed by atoms with Gasteiger partial charge < -0.3 is 15.0 Å². The van der Waals surface area contributed by atoms with Crippen molar-refractivity contribution in [3.05, 3.63) is 24.1 Å². The molecule has 1 aliphatic rings.